The van der Waals surface area contributed by atoms with Crippen LogP contribution in [0.25, 0.3) is 0 Å². The zero-order valence-corrected chi connectivity index (χ0v) is 16.4. The second-order valence-corrected chi connectivity index (χ2v) is 8.48. The van der Waals surface area contributed by atoms with Crippen molar-refractivity contribution in [3.8, 4) is 5.75 Å². The van der Waals surface area contributed by atoms with E-state index in [2.05, 4.69) is 5.32 Å². The summed E-state index contributed by atoms with van der Waals surface area (Å²) in [4.78, 5) is 15.5. The molecule has 3 aliphatic heterocycles. The number of rotatable bonds is 4. The predicted molar refractivity (Wildman–Crippen MR) is 106 cm³/mol. The Morgan fingerprint density at radius 2 is 2.07 bits per heavy atom. The molecule has 1 unspecified atom stereocenters. The normalized spacial score (nSPS) is 28.7. The van der Waals surface area contributed by atoms with Crippen molar-refractivity contribution in [3.63, 3.8) is 0 Å². The van der Waals surface area contributed by atoms with Gasteiger partial charge in [-0.3, -0.25) is 0 Å². The quantitative estimate of drug-likeness (QED) is 0.709. The molecule has 3 fully saturated rings. The van der Waals surface area contributed by atoms with Crippen molar-refractivity contribution >= 4 is 17.3 Å². The molecule has 3 N–H and O–H groups in total. The van der Waals surface area contributed by atoms with Crippen LogP contribution in [0.15, 0.2) is 17.8 Å². The number of anilines is 2. The zero-order chi connectivity index (χ0) is 20.3. The molecule has 0 amide bonds. The Kier molecular flexibility index (Phi) is 4.43. The van der Waals surface area contributed by atoms with Gasteiger partial charge in [0, 0.05) is 36.9 Å². The van der Waals surface area contributed by atoms with Gasteiger partial charge in [-0.25, -0.2) is 9.18 Å². The Morgan fingerprint density at radius 3 is 2.72 bits per heavy atom. The van der Waals surface area contributed by atoms with Crippen molar-refractivity contribution in [1.82, 2.24) is 5.32 Å². The number of aliphatic hydroxyl groups excluding tert-OH is 1. The number of benzene rings is 1. The Bertz CT molecular complexity index is 871. The minimum atomic E-state index is -1.39. The number of carboxylic acid groups (broad SMARTS) is 1. The molecule has 1 saturated carbocycles. The van der Waals surface area contributed by atoms with E-state index in [1.807, 2.05) is 9.80 Å². The van der Waals surface area contributed by atoms with Gasteiger partial charge >= 0.3 is 5.97 Å². The summed E-state index contributed by atoms with van der Waals surface area (Å²) in [5.74, 6) is -0.828. The number of carboxylic acids is 1. The van der Waals surface area contributed by atoms with Crippen LogP contribution in [0.4, 0.5) is 15.8 Å². The van der Waals surface area contributed by atoms with E-state index in [1.54, 1.807) is 0 Å². The molecule has 5 rings (SSSR count). The van der Waals surface area contributed by atoms with Gasteiger partial charge in [0.1, 0.15) is 11.8 Å². The molecule has 3 heterocycles. The summed E-state index contributed by atoms with van der Waals surface area (Å²) in [7, 11) is 1.51. The third-order valence-corrected chi connectivity index (χ3v) is 6.64. The molecular formula is C21H26FN3O4. The fourth-order valence-corrected chi connectivity index (χ4v) is 5.08. The maximum Gasteiger partial charge on any atom is 0.336 e. The number of methoxy groups -OCH3 is 1. The highest BCUT2D eigenvalue weighted by Crippen LogP contribution is 2.52. The van der Waals surface area contributed by atoms with Crippen LogP contribution < -0.4 is 19.9 Å². The van der Waals surface area contributed by atoms with Crippen LogP contribution in [-0.4, -0.2) is 55.0 Å². The minimum Gasteiger partial charge on any atom is -0.492 e. The summed E-state index contributed by atoms with van der Waals surface area (Å²) >= 11 is 0. The highest BCUT2D eigenvalue weighted by atomic mass is 19.1. The fraction of sp³-hybridized carbons (Fsp3) is 0.571. The van der Waals surface area contributed by atoms with E-state index in [4.69, 9.17) is 4.74 Å². The summed E-state index contributed by atoms with van der Waals surface area (Å²) in [6.07, 6.45) is 4.20. The lowest BCUT2D eigenvalue weighted by atomic mass is 9.94. The van der Waals surface area contributed by atoms with Gasteiger partial charge < -0.3 is 30.1 Å². The van der Waals surface area contributed by atoms with E-state index < -0.39 is 17.9 Å². The molecular weight excluding hydrogens is 377 g/mol. The molecule has 0 spiro atoms. The van der Waals surface area contributed by atoms with Crippen molar-refractivity contribution < 1.29 is 24.1 Å². The molecule has 3 atom stereocenters. The Morgan fingerprint density at radius 1 is 1.28 bits per heavy atom. The standard InChI is InChI=1S/C21H26FN3O4/c1-29-20-17-13(19(26)14(21(27)28)9-25(17)12-4-5-12)7-15(22)18(20)24-8-11-3-2-6-23-16(11)10-24/h7,9,11-12,16,19,23,26H,2-6,8,10H2,1H3,(H,27,28)/t11-,16+,19?/m0/s1. The number of hydrogen-bond donors (Lipinski definition) is 3. The van der Waals surface area contributed by atoms with E-state index in [0.29, 0.717) is 35.6 Å². The lowest BCUT2D eigenvalue weighted by molar-refractivity contribution is -0.133. The largest absolute Gasteiger partial charge is 0.492 e. The van der Waals surface area contributed by atoms with Gasteiger partial charge in [-0.05, 0) is 44.2 Å². The number of aliphatic carboxylic acids is 1. The monoisotopic (exact) mass is 403 g/mol. The van der Waals surface area contributed by atoms with Gasteiger partial charge in [-0.2, -0.15) is 0 Å². The van der Waals surface area contributed by atoms with Gasteiger partial charge in [0.2, 0.25) is 0 Å². The van der Waals surface area contributed by atoms with Crippen molar-refractivity contribution in [2.45, 2.75) is 43.9 Å². The van der Waals surface area contributed by atoms with Crippen LogP contribution in [0, 0.1) is 11.7 Å². The molecule has 0 radical (unpaired) electrons. The first kappa shape index (κ1) is 18.7. The van der Waals surface area contributed by atoms with E-state index in [9.17, 15) is 15.0 Å². The van der Waals surface area contributed by atoms with Gasteiger partial charge in [-0.15, -0.1) is 0 Å². The van der Waals surface area contributed by atoms with Crippen molar-refractivity contribution in [3.05, 3.63) is 29.2 Å². The first-order valence-electron chi connectivity index (χ1n) is 10.3. The molecule has 29 heavy (non-hydrogen) atoms. The molecule has 0 aromatic heterocycles. The molecule has 4 aliphatic rings. The summed E-state index contributed by atoms with van der Waals surface area (Å²) in [6.45, 7) is 2.45. The molecule has 1 aromatic rings. The molecule has 8 heteroatoms. The van der Waals surface area contributed by atoms with Crippen molar-refractivity contribution in [2.24, 2.45) is 5.92 Å². The first-order chi connectivity index (χ1) is 14.0. The highest BCUT2D eigenvalue weighted by molar-refractivity contribution is 5.92. The second-order valence-electron chi connectivity index (χ2n) is 8.48. The molecule has 2 saturated heterocycles. The fourth-order valence-electron chi connectivity index (χ4n) is 5.08. The molecule has 156 valence electrons. The number of fused-ring (bicyclic) bond motifs is 2. The number of carbonyl (C=O) groups is 1. The van der Waals surface area contributed by atoms with Crippen LogP contribution in [0.3, 0.4) is 0 Å². The Balaban J connectivity index is 1.62. The Labute approximate surface area is 168 Å². The van der Waals surface area contributed by atoms with E-state index in [0.717, 1.165) is 38.8 Å². The van der Waals surface area contributed by atoms with Crippen LogP contribution in [0.5, 0.6) is 5.75 Å². The molecule has 0 bridgehead atoms. The summed E-state index contributed by atoms with van der Waals surface area (Å²) in [5.41, 5.74) is 1.11. The van der Waals surface area contributed by atoms with Crippen LogP contribution in [0.1, 0.15) is 37.4 Å². The van der Waals surface area contributed by atoms with Gasteiger partial charge in [-0.1, -0.05) is 0 Å². The number of aliphatic hydroxyl groups is 1. The summed E-state index contributed by atoms with van der Waals surface area (Å²) in [5, 5.41) is 23.7. The number of ether oxygens (including phenoxy) is 1. The SMILES string of the molecule is COc1c(N2C[C@@H]3CCCN[C@@H]3C2)c(F)cc2c1N(C1CC1)C=C(C(=O)O)C2O. The molecule has 1 aromatic carbocycles. The van der Waals surface area contributed by atoms with E-state index in [1.165, 1.54) is 19.4 Å². The third kappa shape index (κ3) is 2.97. The second kappa shape index (κ2) is 6.88. The van der Waals surface area contributed by atoms with Crippen molar-refractivity contribution in [2.75, 3.05) is 36.5 Å². The minimum absolute atomic E-state index is 0.144. The highest BCUT2D eigenvalue weighted by Gasteiger charge is 2.42. The number of halogens is 1. The van der Waals surface area contributed by atoms with E-state index >= 15 is 4.39 Å². The topological polar surface area (TPSA) is 85.3 Å². The number of piperidine rings is 1. The lowest BCUT2D eigenvalue weighted by Crippen LogP contribution is -2.40. The Hall–Kier alpha value is -2.32. The number of nitrogens with one attached hydrogen (secondary N) is 1. The van der Waals surface area contributed by atoms with E-state index in [-0.39, 0.29) is 17.2 Å². The average molecular weight is 403 g/mol. The molecule has 1 aliphatic carbocycles. The lowest BCUT2D eigenvalue weighted by Gasteiger charge is -2.35. The number of nitrogens with zero attached hydrogens (tertiary/aromatic N) is 2. The average Bonchev–Trinajstić information content (AvgIpc) is 3.45. The zero-order valence-electron chi connectivity index (χ0n) is 16.4. The smallest absolute Gasteiger partial charge is 0.336 e. The van der Waals surface area contributed by atoms with Gasteiger partial charge in [0.25, 0.3) is 0 Å². The molecule has 7 nitrogen and oxygen atoms in total. The van der Waals surface area contributed by atoms with Crippen LogP contribution in [0.2, 0.25) is 0 Å². The van der Waals surface area contributed by atoms with Crippen LogP contribution in [-0.2, 0) is 4.79 Å². The maximum absolute atomic E-state index is 15.4. The predicted octanol–water partition coefficient (Wildman–Crippen LogP) is 2.01. The maximum atomic E-state index is 15.4. The summed E-state index contributed by atoms with van der Waals surface area (Å²) in [6, 6.07) is 1.77. The van der Waals surface area contributed by atoms with Crippen LogP contribution >= 0.6 is 0 Å². The summed E-state index contributed by atoms with van der Waals surface area (Å²) < 4.78 is 21.1. The van der Waals surface area contributed by atoms with Gasteiger partial charge in [0.05, 0.1) is 18.4 Å². The van der Waals surface area contributed by atoms with Crippen molar-refractivity contribution in [1.29, 1.82) is 0 Å². The first-order valence-corrected chi connectivity index (χ1v) is 10.3. The third-order valence-electron chi connectivity index (χ3n) is 6.64. The number of hydrogen-bond acceptors (Lipinski definition) is 6. The van der Waals surface area contributed by atoms with Gasteiger partial charge in [0.15, 0.2) is 11.6 Å².